The zero-order valence-electron chi connectivity index (χ0n) is 8.92. The average molecular weight is 268 g/mol. The van der Waals surface area contributed by atoms with E-state index in [0.717, 1.165) is 22.2 Å². The van der Waals surface area contributed by atoms with Gasteiger partial charge in [0.25, 0.3) is 0 Å². The maximum Gasteiger partial charge on any atom is 0.137 e. The number of fused-ring (bicyclic) bond motifs is 1. The third kappa shape index (κ3) is 1.79. The molecule has 0 fully saturated rings. The molecule has 0 saturated carbocycles. The van der Waals surface area contributed by atoms with Gasteiger partial charge in [0.2, 0.25) is 0 Å². The summed E-state index contributed by atoms with van der Waals surface area (Å²) in [5.41, 5.74) is 10.1. The lowest BCUT2D eigenvalue weighted by molar-refractivity contribution is 0.891. The Morgan fingerprint density at radius 2 is 2.20 bits per heavy atom. The van der Waals surface area contributed by atoms with Gasteiger partial charge in [-0.1, -0.05) is 0 Å². The van der Waals surface area contributed by atoms with Crippen molar-refractivity contribution < 1.29 is 0 Å². The van der Waals surface area contributed by atoms with Gasteiger partial charge in [0.05, 0.1) is 5.69 Å². The molecule has 0 atom stereocenters. The van der Waals surface area contributed by atoms with Gasteiger partial charge in [0.1, 0.15) is 5.65 Å². The fourth-order valence-corrected chi connectivity index (χ4v) is 2.08. The fourth-order valence-electron chi connectivity index (χ4n) is 1.76. The Labute approximate surface area is 97.4 Å². The summed E-state index contributed by atoms with van der Waals surface area (Å²) in [6.45, 7) is 4.75. The highest BCUT2D eigenvalue weighted by molar-refractivity contribution is 9.10. The third-order valence-corrected chi connectivity index (χ3v) is 3.41. The van der Waals surface area contributed by atoms with Crippen LogP contribution in [0.15, 0.2) is 16.7 Å². The summed E-state index contributed by atoms with van der Waals surface area (Å²) in [7, 11) is 0. The Balaban J connectivity index is 2.70. The van der Waals surface area contributed by atoms with E-state index in [0.29, 0.717) is 6.54 Å². The van der Waals surface area contributed by atoms with E-state index >= 15 is 0 Å². The molecule has 0 saturated heterocycles. The van der Waals surface area contributed by atoms with Crippen molar-refractivity contribution >= 4 is 21.6 Å². The van der Waals surface area contributed by atoms with Gasteiger partial charge < -0.3 is 10.1 Å². The smallest absolute Gasteiger partial charge is 0.137 e. The van der Waals surface area contributed by atoms with Gasteiger partial charge in [-0.3, -0.25) is 0 Å². The first kappa shape index (κ1) is 10.6. The second-order valence-corrected chi connectivity index (χ2v) is 4.57. The molecule has 80 valence electrons. The maximum atomic E-state index is 5.59. The first-order valence-electron chi connectivity index (χ1n) is 4.97. The molecule has 2 aromatic heterocycles. The van der Waals surface area contributed by atoms with Crippen LogP contribution in [0.4, 0.5) is 0 Å². The Morgan fingerprint density at radius 3 is 2.87 bits per heavy atom. The normalized spacial score (nSPS) is 11.2. The van der Waals surface area contributed by atoms with Gasteiger partial charge in [-0.25, -0.2) is 4.98 Å². The minimum Gasteiger partial charge on any atom is -0.330 e. The number of nitrogens with zero attached hydrogens (tertiary/aromatic N) is 2. The molecular formula is C11H14BrN3. The number of nitrogens with two attached hydrogens (primary N) is 1. The molecule has 0 aliphatic carbocycles. The van der Waals surface area contributed by atoms with E-state index < -0.39 is 0 Å². The van der Waals surface area contributed by atoms with E-state index in [1.807, 2.05) is 6.92 Å². The molecule has 0 amide bonds. The van der Waals surface area contributed by atoms with Gasteiger partial charge in [-0.15, -0.1) is 0 Å². The van der Waals surface area contributed by atoms with Crippen molar-refractivity contribution in [2.75, 3.05) is 6.54 Å². The zero-order chi connectivity index (χ0) is 11.0. The molecule has 0 spiro atoms. The lowest BCUT2D eigenvalue weighted by Crippen LogP contribution is -2.06. The number of aromatic nitrogens is 2. The second kappa shape index (κ2) is 3.94. The van der Waals surface area contributed by atoms with Crippen LogP contribution in [0.25, 0.3) is 5.65 Å². The van der Waals surface area contributed by atoms with Crippen molar-refractivity contribution in [1.82, 2.24) is 9.38 Å². The topological polar surface area (TPSA) is 43.3 Å². The summed E-state index contributed by atoms with van der Waals surface area (Å²) < 4.78 is 3.21. The van der Waals surface area contributed by atoms with Crippen LogP contribution in [0.1, 0.15) is 17.0 Å². The zero-order valence-corrected chi connectivity index (χ0v) is 10.5. The lowest BCUT2D eigenvalue weighted by atomic mass is 10.2. The van der Waals surface area contributed by atoms with Crippen LogP contribution in [-0.2, 0) is 6.42 Å². The maximum absolute atomic E-state index is 5.59. The van der Waals surface area contributed by atoms with Crippen LogP contribution < -0.4 is 5.73 Å². The van der Waals surface area contributed by atoms with E-state index in [9.17, 15) is 0 Å². The molecular weight excluding hydrogens is 254 g/mol. The SMILES string of the molecule is Cc1cc2nc(C)c(CCN)n2cc1Br. The molecule has 2 rings (SSSR count). The summed E-state index contributed by atoms with van der Waals surface area (Å²) in [5.74, 6) is 0. The molecule has 0 radical (unpaired) electrons. The largest absolute Gasteiger partial charge is 0.330 e. The molecule has 0 aliphatic heterocycles. The molecule has 4 heteroatoms. The van der Waals surface area contributed by atoms with Gasteiger partial charge in [-0.05, 0) is 48.0 Å². The molecule has 3 nitrogen and oxygen atoms in total. The number of aryl methyl sites for hydroxylation is 2. The summed E-state index contributed by atoms with van der Waals surface area (Å²) in [5, 5.41) is 0. The van der Waals surface area contributed by atoms with Crippen LogP contribution in [0.3, 0.4) is 0 Å². The van der Waals surface area contributed by atoms with Crippen molar-refractivity contribution in [2.24, 2.45) is 5.73 Å². The van der Waals surface area contributed by atoms with E-state index in [4.69, 9.17) is 5.73 Å². The van der Waals surface area contributed by atoms with E-state index in [-0.39, 0.29) is 0 Å². The molecule has 2 N–H and O–H groups in total. The number of rotatable bonds is 2. The third-order valence-electron chi connectivity index (χ3n) is 2.58. The minimum atomic E-state index is 0.653. The number of halogens is 1. The van der Waals surface area contributed by atoms with Crippen LogP contribution in [-0.4, -0.2) is 15.9 Å². The molecule has 2 aromatic rings. The number of hydrogen-bond donors (Lipinski definition) is 1. The van der Waals surface area contributed by atoms with Crippen LogP contribution in [0.5, 0.6) is 0 Å². The van der Waals surface area contributed by atoms with Gasteiger partial charge in [0, 0.05) is 22.8 Å². The standard InChI is InChI=1S/C11H14BrN3/c1-7-5-11-14-8(2)10(3-4-13)15(11)6-9(7)12/h5-6H,3-4,13H2,1-2H3. The lowest BCUT2D eigenvalue weighted by Gasteiger charge is -2.03. The van der Waals surface area contributed by atoms with Crippen molar-refractivity contribution in [3.63, 3.8) is 0 Å². The van der Waals surface area contributed by atoms with Gasteiger partial charge in [-0.2, -0.15) is 0 Å². The Bertz CT molecular complexity index is 502. The predicted octanol–water partition coefficient (Wildman–Crippen LogP) is 2.21. The van der Waals surface area contributed by atoms with Gasteiger partial charge >= 0.3 is 0 Å². The quantitative estimate of drug-likeness (QED) is 0.907. The average Bonchev–Trinajstić information content (AvgIpc) is 2.46. The first-order valence-corrected chi connectivity index (χ1v) is 5.76. The Kier molecular flexibility index (Phi) is 2.80. The molecule has 15 heavy (non-hydrogen) atoms. The van der Waals surface area contributed by atoms with Crippen molar-refractivity contribution in [1.29, 1.82) is 0 Å². The van der Waals surface area contributed by atoms with Crippen LogP contribution in [0, 0.1) is 13.8 Å². The molecule has 0 aromatic carbocycles. The first-order chi connectivity index (χ1) is 7.13. The summed E-state index contributed by atoms with van der Waals surface area (Å²) >= 11 is 3.53. The minimum absolute atomic E-state index is 0.653. The summed E-state index contributed by atoms with van der Waals surface area (Å²) in [6, 6.07) is 2.08. The predicted molar refractivity (Wildman–Crippen MR) is 65.1 cm³/mol. The number of pyridine rings is 1. The fraction of sp³-hybridized carbons (Fsp3) is 0.364. The monoisotopic (exact) mass is 267 g/mol. The number of hydrogen-bond acceptors (Lipinski definition) is 2. The van der Waals surface area contributed by atoms with E-state index in [1.54, 1.807) is 0 Å². The highest BCUT2D eigenvalue weighted by Gasteiger charge is 2.09. The molecule has 0 bridgehead atoms. The van der Waals surface area contributed by atoms with Crippen LogP contribution >= 0.6 is 15.9 Å². The summed E-state index contributed by atoms with van der Waals surface area (Å²) in [4.78, 5) is 4.52. The molecule has 0 unspecified atom stereocenters. The van der Waals surface area contributed by atoms with E-state index in [2.05, 4.69) is 44.5 Å². The second-order valence-electron chi connectivity index (χ2n) is 3.72. The number of imidazole rings is 1. The van der Waals surface area contributed by atoms with Crippen molar-refractivity contribution in [3.8, 4) is 0 Å². The highest BCUT2D eigenvalue weighted by Crippen LogP contribution is 2.20. The molecule has 0 aliphatic rings. The summed E-state index contributed by atoms with van der Waals surface area (Å²) in [6.07, 6.45) is 2.93. The van der Waals surface area contributed by atoms with Crippen LogP contribution in [0.2, 0.25) is 0 Å². The highest BCUT2D eigenvalue weighted by atomic mass is 79.9. The Morgan fingerprint density at radius 1 is 1.47 bits per heavy atom. The van der Waals surface area contributed by atoms with E-state index in [1.165, 1.54) is 11.3 Å². The molecule has 2 heterocycles. The van der Waals surface area contributed by atoms with Crippen molar-refractivity contribution in [2.45, 2.75) is 20.3 Å². The van der Waals surface area contributed by atoms with Gasteiger partial charge in [0.15, 0.2) is 0 Å². The van der Waals surface area contributed by atoms with Crippen molar-refractivity contribution in [3.05, 3.63) is 33.7 Å². The Hall–Kier alpha value is -0.870.